The molecule has 0 bridgehead atoms. The fourth-order valence-corrected chi connectivity index (χ4v) is 6.54. The van der Waals surface area contributed by atoms with Crippen LogP contribution in [0.4, 0.5) is 0 Å². The molecule has 0 rings (SSSR count). The number of aliphatic hydroxyl groups excluding tert-OH is 3. The first-order valence-electron chi connectivity index (χ1n) is 20.5. The molecule has 0 saturated carbocycles. The standard InChI is InChI=1S/C41H80O5/c1-3-5-7-9-11-13-15-17-19-20-22-24-26-28-30-32-34-36-38(43)40(45)41(46)39(44)37(42)35-33-31-29-27-25-23-21-18-16-14-12-10-8-6-4-2/h39-41,44-46H,3-36H2,1-2H3. The van der Waals surface area contributed by atoms with Crippen LogP contribution >= 0.6 is 0 Å². The van der Waals surface area contributed by atoms with Crippen LogP contribution in [0.3, 0.4) is 0 Å². The average molecular weight is 653 g/mol. The Morgan fingerprint density at radius 1 is 0.326 bits per heavy atom. The van der Waals surface area contributed by atoms with Gasteiger partial charge in [-0.2, -0.15) is 0 Å². The summed E-state index contributed by atoms with van der Waals surface area (Å²) in [5, 5.41) is 30.7. The van der Waals surface area contributed by atoms with Crippen LogP contribution in [0.25, 0.3) is 0 Å². The Kier molecular flexibility index (Phi) is 34.9. The summed E-state index contributed by atoms with van der Waals surface area (Å²) in [6.45, 7) is 4.53. The lowest BCUT2D eigenvalue weighted by atomic mass is 9.95. The minimum Gasteiger partial charge on any atom is -0.387 e. The number of unbranched alkanes of at least 4 members (excludes halogenated alkanes) is 30. The Labute approximate surface area is 286 Å². The van der Waals surface area contributed by atoms with Crippen LogP contribution in [-0.4, -0.2) is 45.2 Å². The van der Waals surface area contributed by atoms with Gasteiger partial charge in [0.15, 0.2) is 11.6 Å². The predicted molar refractivity (Wildman–Crippen MR) is 196 cm³/mol. The number of aliphatic hydroxyl groups is 3. The highest BCUT2D eigenvalue weighted by Crippen LogP contribution is 2.17. The molecule has 0 aromatic carbocycles. The van der Waals surface area contributed by atoms with Crippen molar-refractivity contribution >= 4 is 11.6 Å². The SMILES string of the molecule is CCCCCCCCCCCCCCCCCCCC(=O)C(O)C(O)C(O)C(=O)CCCCCCCCCCCCCCCCC. The van der Waals surface area contributed by atoms with E-state index >= 15 is 0 Å². The topological polar surface area (TPSA) is 94.8 Å². The Morgan fingerprint density at radius 2 is 0.500 bits per heavy atom. The zero-order chi connectivity index (χ0) is 33.9. The molecule has 0 aromatic rings. The molecule has 0 heterocycles. The van der Waals surface area contributed by atoms with Crippen LogP contribution in [-0.2, 0) is 9.59 Å². The van der Waals surface area contributed by atoms with Crippen molar-refractivity contribution in [2.24, 2.45) is 0 Å². The zero-order valence-electron chi connectivity index (χ0n) is 30.9. The van der Waals surface area contributed by atoms with Crippen LogP contribution in [0, 0.1) is 0 Å². The maximum absolute atomic E-state index is 12.3. The summed E-state index contributed by atoms with van der Waals surface area (Å²) < 4.78 is 0. The van der Waals surface area contributed by atoms with E-state index in [1.807, 2.05) is 0 Å². The van der Waals surface area contributed by atoms with Crippen LogP contribution in [0.1, 0.15) is 232 Å². The Bertz CT molecular complexity index is 651. The lowest BCUT2D eigenvalue weighted by molar-refractivity contribution is -0.146. The number of carbonyl (C=O) groups excluding carboxylic acids is 2. The van der Waals surface area contributed by atoms with Gasteiger partial charge in [-0.3, -0.25) is 9.59 Å². The largest absolute Gasteiger partial charge is 0.387 e. The van der Waals surface area contributed by atoms with Gasteiger partial charge in [0, 0.05) is 12.8 Å². The van der Waals surface area contributed by atoms with Crippen LogP contribution < -0.4 is 0 Å². The van der Waals surface area contributed by atoms with E-state index in [-0.39, 0.29) is 12.8 Å². The van der Waals surface area contributed by atoms with Gasteiger partial charge < -0.3 is 15.3 Å². The minimum absolute atomic E-state index is 0.177. The van der Waals surface area contributed by atoms with Gasteiger partial charge in [-0.25, -0.2) is 0 Å². The molecule has 0 aliphatic rings. The average Bonchev–Trinajstić information content (AvgIpc) is 3.06. The van der Waals surface area contributed by atoms with Gasteiger partial charge in [0.2, 0.25) is 0 Å². The quantitative estimate of drug-likeness (QED) is 0.0577. The van der Waals surface area contributed by atoms with E-state index in [1.54, 1.807) is 0 Å². The molecule has 0 fully saturated rings. The number of rotatable bonds is 38. The third kappa shape index (κ3) is 29.4. The lowest BCUT2D eigenvalue weighted by Gasteiger charge is -2.21. The summed E-state index contributed by atoms with van der Waals surface area (Å²) in [5.74, 6) is -0.959. The van der Waals surface area contributed by atoms with E-state index in [0.29, 0.717) is 12.8 Å². The first-order valence-corrected chi connectivity index (χ1v) is 20.5. The van der Waals surface area contributed by atoms with Crippen molar-refractivity contribution in [3.63, 3.8) is 0 Å². The molecule has 0 aromatic heterocycles. The highest BCUT2D eigenvalue weighted by atomic mass is 16.4. The molecule has 3 atom stereocenters. The van der Waals surface area contributed by atoms with Crippen LogP contribution in [0.5, 0.6) is 0 Å². The summed E-state index contributed by atoms with van der Waals surface area (Å²) in [4.78, 5) is 24.7. The van der Waals surface area contributed by atoms with Gasteiger partial charge in [-0.1, -0.05) is 206 Å². The van der Waals surface area contributed by atoms with Gasteiger partial charge in [-0.05, 0) is 12.8 Å². The van der Waals surface area contributed by atoms with Crippen molar-refractivity contribution < 1.29 is 24.9 Å². The van der Waals surface area contributed by atoms with Crippen molar-refractivity contribution in [1.29, 1.82) is 0 Å². The second-order valence-corrected chi connectivity index (χ2v) is 14.4. The van der Waals surface area contributed by atoms with Gasteiger partial charge in [0.25, 0.3) is 0 Å². The van der Waals surface area contributed by atoms with Crippen molar-refractivity contribution in [3.8, 4) is 0 Å². The Hall–Kier alpha value is -0.780. The smallest absolute Gasteiger partial charge is 0.164 e. The fraction of sp³-hybridized carbons (Fsp3) is 0.951. The highest BCUT2D eigenvalue weighted by molar-refractivity contribution is 5.87. The van der Waals surface area contributed by atoms with Crippen molar-refractivity contribution in [2.75, 3.05) is 0 Å². The molecule has 3 unspecified atom stereocenters. The van der Waals surface area contributed by atoms with Crippen molar-refractivity contribution in [3.05, 3.63) is 0 Å². The molecule has 0 aliphatic heterocycles. The summed E-state index contributed by atoms with van der Waals surface area (Å²) in [7, 11) is 0. The van der Waals surface area contributed by atoms with Gasteiger partial charge in [0.05, 0.1) is 0 Å². The van der Waals surface area contributed by atoms with E-state index in [1.165, 1.54) is 167 Å². The first-order chi connectivity index (χ1) is 22.5. The molecule has 0 radical (unpaired) electrons. The molecule has 274 valence electrons. The summed E-state index contributed by atoms with van der Waals surface area (Å²) in [6, 6.07) is 0. The monoisotopic (exact) mass is 653 g/mol. The number of Topliss-reactive ketones (excluding diaryl/α,β-unsaturated/α-hetero) is 2. The third-order valence-electron chi connectivity index (χ3n) is 9.86. The van der Waals surface area contributed by atoms with E-state index in [2.05, 4.69) is 13.8 Å². The van der Waals surface area contributed by atoms with Crippen molar-refractivity contribution in [1.82, 2.24) is 0 Å². The van der Waals surface area contributed by atoms with E-state index in [4.69, 9.17) is 0 Å². The number of carbonyl (C=O) groups is 2. The molecule has 0 amide bonds. The minimum atomic E-state index is -1.73. The third-order valence-corrected chi connectivity index (χ3v) is 9.86. The molecule has 0 spiro atoms. The lowest BCUT2D eigenvalue weighted by Crippen LogP contribution is -2.45. The Morgan fingerprint density at radius 3 is 0.696 bits per heavy atom. The van der Waals surface area contributed by atoms with E-state index in [0.717, 1.165) is 25.7 Å². The van der Waals surface area contributed by atoms with Gasteiger partial charge >= 0.3 is 0 Å². The summed E-state index contributed by atoms with van der Waals surface area (Å²) >= 11 is 0. The predicted octanol–water partition coefficient (Wildman–Crippen LogP) is 11.5. The van der Waals surface area contributed by atoms with E-state index in [9.17, 15) is 24.9 Å². The Balaban J connectivity index is 3.63. The first kappa shape index (κ1) is 45.2. The van der Waals surface area contributed by atoms with Crippen molar-refractivity contribution in [2.45, 2.75) is 250 Å². The van der Waals surface area contributed by atoms with E-state index < -0.39 is 29.9 Å². The zero-order valence-corrected chi connectivity index (χ0v) is 30.9. The normalized spacial score (nSPS) is 13.6. The number of hydrogen-bond donors (Lipinski definition) is 3. The second-order valence-electron chi connectivity index (χ2n) is 14.4. The molecule has 0 saturated heterocycles. The molecule has 5 nitrogen and oxygen atoms in total. The molecule has 0 aliphatic carbocycles. The van der Waals surface area contributed by atoms with Crippen LogP contribution in [0.2, 0.25) is 0 Å². The molecular formula is C41H80O5. The number of ketones is 2. The maximum Gasteiger partial charge on any atom is 0.164 e. The maximum atomic E-state index is 12.3. The van der Waals surface area contributed by atoms with Crippen LogP contribution in [0.15, 0.2) is 0 Å². The summed E-state index contributed by atoms with van der Waals surface area (Å²) in [5.41, 5.74) is 0. The van der Waals surface area contributed by atoms with Gasteiger partial charge in [-0.15, -0.1) is 0 Å². The number of hydrogen-bond acceptors (Lipinski definition) is 5. The molecular weight excluding hydrogens is 572 g/mol. The molecule has 3 N–H and O–H groups in total. The molecule has 5 heteroatoms. The second kappa shape index (κ2) is 35.5. The highest BCUT2D eigenvalue weighted by Gasteiger charge is 2.33. The fourth-order valence-electron chi connectivity index (χ4n) is 6.54. The summed E-state index contributed by atoms with van der Waals surface area (Å²) in [6.07, 6.45) is 35.4. The van der Waals surface area contributed by atoms with Gasteiger partial charge in [0.1, 0.15) is 18.3 Å². The molecule has 46 heavy (non-hydrogen) atoms.